The molecule has 0 spiro atoms. The number of nitrogens with zero attached hydrogens (tertiary/aromatic N) is 2. The van der Waals surface area contributed by atoms with Gasteiger partial charge < -0.3 is 19.6 Å². The van der Waals surface area contributed by atoms with Gasteiger partial charge in [0.15, 0.2) is 0 Å². The second-order valence-electron chi connectivity index (χ2n) is 5.87. The smallest absolute Gasteiger partial charge is 0.270 e. The Balaban J connectivity index is 1.70. The molecular weight excluding hydrogens is 304 g/mol. The van der Waals surface area contributed by atoms with E-state index in [1.165, 1.54) is 0 Å². The van der Waals surface area contributed by atoms with Crippen LogP contribution < -0.4 is 4.74 Å². The molecule has 4 rings (SSSR count). The molecule has 6 heteroatoms. The maximum Gasteiger partial charge on any atom is 0.270 e. The van der Waals surface area contributed by atoms with Crippen LogP contribution in [0.1, 0.15) is 33.4 Å². The van der Waals surface area contributed by atoms with Gasteiger partial charge in [-0.15, -0.1) is 0 Å². The zero-order valence-electron chi connectivity index (χ0n) is 13.3. The Bertz CT molecular complexity index is 854. The molecule has 1 aliphatic heterocycles. The summed E-state index contributed by atoms with van der Waals surface area (Å²) < 4.78 is 5.33. The standard InChI is InChI=1S/C18H18N4O2/c1-24-13-5-2-4-12(8-13)14-9-22(10-16-17(14)21-11-20-16)18(23)15-6-3-7-19-15/h2-8,11,14,19H,9-10H2,1H3,(H,20,21). The lowest BCUT2D eigenvalue weighted by Gasteiger charge is -2.32. The maximum absolute atomic E-state index is 12.7. The van der Waals surface area contributed by atoms with Gasteiger partial charge in [-0.1, -0.05) is 12.1 Å². The number of hydrogen-bond donors (Lipinski definition) is 2. The Morgan fingerprint density at radius 1 is 1.29 bits per heavy atom. The minimum atomic E-state index is -0.00635. The Labute approximate surface area is 139 Å². The normalized spacial score (nSPS) is 16.7. The van der Waals surface area contributed by atoms with Crippen LogP contribution in [0, 0.1) is 0 Å². The Morgan fingerprint density at radius 3 is 3.00 bits per heavy atom. The van der Waals surface area contributed by atoms with Crippen LogP contribution in [0.25, 0.3) is 0 Å². The van der Waals surface area contributed by atoms with Crippen LogP contribution >= 0.6 is 0 Å². The largest absolute Gasteiger partial charge is 0.497 e. The molecule has 3 aromatic rings. The van der Waals surface area contributed by atoms with Gasteiger partial charge >= 0.3 is 0 Å². The van der Waals surface area contributed by atoms with E-state index >= 15 is 0 Å². The summed E-state index contributed by atoms with van der Waals surface area (Å²) in [6.07, 6.45) is 3.46. The SMILES string of the molecule is COc1cccc(C2CN(C(=O)c3ccc[nH]3)Cc3[nH]cnc32)c1. The number of benzene rings is 1. The number of fused-ring (bicyclic) bond motifs is 1. The summed E-state index contributed by atoms with van der Waals surface area (Å²) in [5, 5.41) is 0. The van der Waals surface area contributed by atoms with Crippen LogP contribution in [0.4, 0.5) is 0 Å². The first kappa shape index (κ1) is 14.6. The number of methoxy groups -OCH3 is 1. The molecule has 0 bridgehead atoms. The van der Waals surface area contributed by atoms with E-state index in [2.05, 4.69) is 15.0 Å². The maximum atomic E-state index is 12.7. The summed E-state index contributed by atoms with van der Waals surface area (Å²) in [7, 11) is 1.65. The topological polar surface area (TPSA) is 74.0 Å². The van der Waals surface area contributed by atoms with Gasteiger partial charge in [0.1, 0.15) is 11.4 Å². The van der Waals surface area contributed by atoms with Crippen LogP contribution in [0.3, 0.4) is 0 Å². The molecule has 1 atom stereocenters. The minimum Gasteiger partial charge on any atom is -0.497 e. The van der Waals surface area contributed by atoms with Crippen molar-refractivity contribution in [3.8, 4) is 5.75 Å². The van der Waals surface area contributed by atoms with E-state index in [0.29, 0.717) is 18.8 Å². The lowest BCUT2D eigenvalue weighted by Crippen LogP contribution is -2.38. The second-order valence-corrected chi connectivity index (χ2v) is 5.87. The van der Waals surface area contributed by atoms with Crippen molar-refractivity contribution in [2.24, 2.45) is 0 Å². The van der Waals surface area contributed by atoms with Gasteiger partial charge in [0.2, 0.25) is 0 Å². The first-order chi connectivity index (χ1) is 11.8. The molecule has 0 aliphatic carbocycles. The van der Waals surface area contributed by atoms with Gasteiger partial charge in [0, 0.05) is 18.7 Å². The highest BCUT2D eigenvalue weighted by Crippen LogP contribution is 2.33. The predicted octanol–water partition coefficient (Wildman–Crippen LogP) is 2.53. The Kier molecular flexibility index (Phi) is 3.57. The summed E-state index contributed by atoms with van der Waals surface area (Å²) in [6.45, 7) is 1.12. The van der Waals surface area contributed by atoms with Crippen molar-refractivity contribution >= 4 is 5.91 Å². The van der Waals surface area contributed by atoms with Crippen molar-refractivity contribution in [3.05, 3.63) is 71.6 Å². The van der Waals surface area contributed by atoms with Crippen molar-refractivity contribution < 1.29 is 9.53 Å². The summed E-state index contributed by atoms with van der Waals surface area (Å²) in [5.74, 6) is 0.819. The van der Waals surface area contributed by atoms with E-state index < -0.39 is 0 Å². The van der Waals surface area contributed by atoms with Crippen molar-refractivity contribution in [1.29, 1.82) is 0 Å². The van der Waals surface area contributed by atoms with E-state index in [0.717, 1.165) is 22.7 Å². The molecule has 0 fully saturated rings. The van der Waals surface area contributed by atoms with Gasteiger partial charge in [-0.05, 0) is 29.8 Å². The van der Waals surface area contributed by atoms with Crippen LogP contribution in [-0.4, -0.2) is 39.4 Å². The van der Waals surface area contributed by atoms with E-state index in [-0.39, 0.29) is 11.8 Å². The molecule has 2 aromatic heterocycles. The quantitative estimate of drug-likeness (QED) is 0.778. The fraction of sp³-hybridized carbons (Fsp3) is 0.222. The number of nitrogens with one attached hydrogen (secondary N) is 2. The summed E-state index contributed by atoms with van der Waals surface area (Å²) >= 11 is 0. The molecule has 122 valence electrons. The summed E-state index contributed by atoms with van der Waals surface area (Å²) in [6, 6.07) is 11.6. The van der Waals surface area contributed by atoms with Gasteiger partial charge in [-0.25, -0.2) is 4.98 Å². The van der Waals surface area contributed by atoms with Gasteiger partial charge in [-0.3, -0.25) is 4.79 Å². The number of H-pyrrole nitrogens is 2. The number of amides is 1. The highest BCUT2D eigenvalue weighted by Gasteiger charge is 2.32. The van der Waals surface area contributed by atoms with Crippen LogP contribution in [0.2, 0.25) is 0 Å². The summed E-state index contributed by atoms with van der Waals surface area (Å²) in [5.41, 5.74) is 3.67. The summed E-state index contributed by atoms with van der Waals surface area (Å²) in [4.78, 5) is 25.2. The first-order valence-electron chi connectivity index (χ1n) is 7.85. The molecule has 24 heavy (non-hydrogen) atoms. The Morgan fingerprint density at radius 2 is 2.21 bits per heavy atom. The Hall–Kier alpha value is -3.02. The number of ether oxygens (including phenoxy) is 1. The van der Waals surface area contributed by atoms with Crippen molar-refractivity contribution in [2.45, 2.75) is 12.5 Å². The fourth-order valence-corrected chi connectivity index (χ4v) is 3.23. The third-order valence-electron chi connectivity index (χ3n) is 4.45. The van der Waals surface area contributed by atoms with Gasteiger partial charge in [-0.2, -0.15) is 0 Å². The second kappa shape index (κ2) is 5.88. The fourth-order valence-electron chi connectivity index (χ4n) is 3.23. The lowest BCUT2D eigenvalue weighted by molar-refractivity contribution is 0.0716. The zero-order chi connectivity index (χ0) is 16.5. The van der Waals surface area contributed by atoms with Crippen molar-refractivity contribution in [3.63, 3.8) is 0 Å². The lowest BCUT2D eigenvalue weighted by atomic mass is 9.90. The van der Waals surface area contributed by atoms with Crippen molar-refractivity contribution in [2.75, 3.05) is 13.7 Å². The number of carbonyl (C=O) groups is 1. The average Bonchev–Trinajstić information content (AvgIpc) is 3.31. The number of rotatable bonds is 3. The van der Waals surface area contributed by atoms with Crippen LogP contribution in [0.15, 0.2) is 48.9 Å². The number of hydrogen-bond acceptors (Lipinski definition) is 3. The predicted molar refractivity (Wildman–Crippen MR) is 89.0 cm³/mol. The molecule has 6 nitrogen and oxygen atoms in total. The third-order valence-corrected chi connectivity index (χ3v) is 4.45. The number of aromatic amines is 2. The molecule has 1 amide bonds. The van der Waals surface area contributed by atoms with E-state index in [1.54, 1.807) is 25.7 Å². The van der Waals surface area contributed by atoms with Gasteiger partial charge in [0.05, 0.1) is 31.4 Å². The molecule has 2 N–H and O–H groups in total. The number of imidazole rings is 1. The third kappa shape index (κ3) is 2.46. The zero-order valence-corrected chi connectivity index (χ0v) is 13.3. The van der Waals surface area contributed by atoms with Crippen molar-refractivity contribution in [1.82, 2.24) is 19.9 Å². The molecule has 0 saturated heterocycles. The molecule has 1 aromatic carbocycles. The molecule has 1 unspecified atom stereocenters. The van der Waals surface area contributed by atoms with Crippen LogP contribution in [-0.2, 0) is 6.54 Å². The monoisotopic (exact) mass is 322 g/mol. The van der Waals surface area contributed by atoms with Gasteiger partial charge in [0.25, 0.3) is 5.91 Å². The molecule has 3 heterocycles. The number of carbonyl (C=O) groups excluding carboxylic acids is 1. The number of aromatic nitrogens is 3. The highest BCUT2D eigenvalue weighted by molar-refractivity contribution is 5.92. The highest BCUT2D eigenvalue weighted by atomic mass is 16.5. The molecule has 1 aliphatic rings. The first-order valence-corrected chi connectivity index (χ1v) is 7.85. The molecule has 0 radical (unpaired) electrons. The molecular formula is C18H18N4O2. The van der Waals surface area contributed by atoms with Crippen LogP contribution in [0.5, 0.6) is 5.75 Å². The van der Waals surface area contributed by atoms with E-state index in [4.69, 9.17) is 4.74 Å². The van der Waals surface area contributed by atoms with E-state index in [9.17, 15) is 4.79 Å². The molecule has 0 saturated carbocycles. The van der Waals surface area contributed by atoms with E-state index in [1.807, 2.05) is 35.2 Å². The minimum absolute atomic E-state index is 0.00635. The average molecular weight is 322 g/mol.